The van der Waals surface area contributed by atoms with E-state index in [1.807, 2.05) is 18.2 Å². The van der Waals surface area contributed by atoms with E-state index in [1.54, 1.807) is 24.3 Å². The molecule has 276 valence electrons. The van der Waals surface area contributed by atoms with Crippen molar-refractivity contribution >= 4 is 11.8 Å². The summed E-state index contributed by atoms with van der Waals surface area (Å²) in [5, 5.41) is 23.5. The van der Waals surface area contributed by atoms with Gasteiger partial charge in [0.05, 0.1) is 6.20 Å². The Labute approximate surface area is 298 Å². The van der Waals surface area contributed by atoms with E-state index in [4.69, 9.17) is 4.74 Å². The van der Waals surface area contributed by atoms with Crippen LogP contribution in [0.25, 0.3) is 11.1 Å². The molecule has 2 aromatic carbocycles. The molecule has 15 heteroatoms. The maximum Gasteiger partial charge on any atom is 0.433 e. The molecule has 6 rings (SSSR count). The van der Waals surface area contributed by atoms with Crippen LogP contribution in [0.1, 0.15) is 71.6 Å². The first-order chi connectivity index (χ1) is 24.7. The van der Waals surface area contributed by atoms with Gasteiger partial charge in [-0.25, -0.2) is 9.37 Å². The lowest BCUT2D eigenvalue weighted by Gasteiger charge is -2.36. The number of nitrogens with one attached hydrogen (secondary N) is 3. The fraction of sp³-hybridized carbons (Fsp3) is 0.405. The van der Waals surface area contributed by atoms with Crippen LogP contribution >= 0.6 is 0 Å². The van der Waals surface area contributed by atoms with Crippen molar-refractivity contribution in [1.82, 2.24) is 35.6 Å². The third kappa shape index (κ3) is 8.88. The van der Waals surface area contributed by atoms with Gasteiger partial charge in [0.15, 0.2) is 5.69 Å². The highest BCUT2D eigenvalue weighted by Gasteiger charge is 2.36. The number of nitrogens with zero attached hydrogens (tertiary/aromatic N) is 4. The summed E-state index contributed by atoms with van der Waals surface area (Å²) in [6, 6.07) is 14.4. The smallest absolute Gasteiger partial charge is 0.433 e. The van der Waals surface area contributed by atoms with Gasteiger partial charge in [0.2, 0.25) is 5.88 Å². The molecule has 52 heavy (non-hydrogen) atoms. The lowest BCUT2D eigenvalue weighted by molar-refractivity contribution is -0.143. The van der Waals surface area contributed by atoms with E-state index < -0.39 is 29.5 Å². The fourth-order valence-corrected chi connectivity index (χ4v) is 6.97. The molecule has 2 fully saturated rings. The molecule has 1 saturated carbocycles. The third-order valence-electron chi connectivity index (χ3n) is 9.35. The number of ether oxygens (including phenoxy) is 1. The lowest BCUT2D eigenvalue weighted by atomic mass is 9.91. The van der Waals surface area contributed by atoms with Gasteiger partial charge < -0.3 is 25.8 Å². The van der Waals surface area contributed by atoms with E-state index in [0.717, 1.165) is 49.1 Å². The Bertz CT molecular complexity index is 1920. The molecule has 2 atom stereocenters. The number of aromatic hydroxyl groups is 1. The molecule has 0 bridgehead atoms. The number of phenols is 1. The number of hydrogen-bond acceptors (Lipinski definition) is 8. The van der Waals surface area contributed by atoms with Crippen molar-refractivity contribution in [3.8, 4) is 28.5 Å². The zero-order chi connectivity index (χ0) is 37.2. The van der Waals surface area contributed by atoms with Gasteiger partial charge in [0.25, 0.3) is 11.8 Å². The minimum absolute atomic E-state index is 0.0843. The highest BCUT2D eigenvalue weighted by Crippen LogP contribution is 2.32. The minimum Gasteiger partial charge on any atom is -0.508 e. The number of carbonyl (C=O) groups excluding carboxylic acids is 2. The van der Waals surface area contributed by atoms with Crippen molar-refractivity contribution in [1.29, 1.82) is 0 Å². The zero-order valence-corrected chi connectivity index (χ0v) is 29.0. The van der Waals surface area contributed by atoms with Crippen molar-refractivity contribution in [2.24, 2.45) is 7.05 Å². The molecule has 0 radical (unpaired) electrons. The van der Waals surface area contributed by atoms with Gasteiger partial charge in [-0.05, 0) is 81.0 Å². The number of hydrogen-bond donors (Lipinski definition) is 4. The SMILES string of the molecule is C[C@@H]1CN(Cc2cc(-c3cccc(Oc4ncc(F)cc4C(=O)N[C@H]4CC[C@H](NC(=O)c5cc(C(F)(F)F)n(C)n5)CC4)c3)ccc2O)C[C@H](C)N1. The molecule has 0 spiro atoms. The van der Waals surface area contributed by atoms with Crippen LogP contribution in [0.2, 0.25) is 0 Å². The van der Waals surface area contributed by atoms with E-state index in [0.29, 0.717) is 60.8 Å². The molecule has 1 aliphatic heterocycles. The first kappa shape index (κ1) is 36.8. The van der Waals surface area contributed by atoms with E-state index in [-0.39, 0.29) is 35.0 Å². The summed E-state index contributed by atoms with van der Waals surface area (Å²) < 4.78 is 60.4. The summed E-state index contributed by atoms with van der Waals surface area (Å²) in [6.45, 7) is 6.60. The molecule has 4 N–H and O–H groups in total. The number of aromatic nitrogens is 3. The number of carbonyl (C=O) groups is 2. The van der Waals surface area contributed by atoms with Crippen molar-refractivity contribution in [3.63, 3.8) is 0 Å². The second-order valence-corrected chi connectivity index (χ2v) is 13.7. The predicted octanol–water partition coefficient (Wildman–Crippen LogP) is 5.79. The monoisotopic (exact) mass is 723 g/mol. The largest absolute Gasteiger partial charge is 0.508 e. The molecular weight excluding hydrogens is 682 g/mol. The van der Waals surface area contributed by atoms with Crippen molar-refractivity contribution in [3.05, 3.63) is 89.1 Å². The van der Waals surface area contributed by atoms with Crippen LogP contribution in [0, 0.1) is 5.82 Å². The van der Waals surface area contributed by atoms with Gasteiger partial charge in [0.1, 0.15) is 28.6 Å². The fourth-order valence-electron chi connectivity index (χ4n) is 6.97. The highest BCUT2D eigenvalue weighted by atomic mass is 19.4. The van der Waals surface area contributed by atoms with Crippen molar-refractivity contribution in [2.75, 3.05) is 13.1 Å². The van der Waals surface area contributed by atoms with Crippen LogP contribution in [-0.2, 0) is 19.8 Å². The number of benzene rings is 2. The predicted molar refractivity (Wildman–Crippen MR) is 184 cm³/mol. The molecule has 0 unspecified atom stereocenters. The van der Waals surface area contributed by atoms with E-state index in [9.17, 15) is 32.3 Å². The van der Waals surface area contributed by atoms with Crippen molar-refractivity contribution < 1.29 is 37.0 Å². The first-order valence-corrected chi connectivity index (χ1v) is 17.2. The molecular formula is C37H41F4N7O4. The first-order valence-electron chi connectivity index (χ1n) is 17.2. The number of alkyl halides is 3. The minimum atomic E-state index is -4.63. The van der Waals surface area contributed by atoms with E-state index in [1.165, 1.54) is 0 Å². The van der Waals surface area contributed by atoms with Crippen LogP contribution in [-0.4, -0.2) is 73.8 Å². The number of rotatable bonds is 9. The zero-order valence-electron chi connectivity index (χ0n) is 29.0. The Morgan fingerprint density at radius 2 is 1.60 bits per heavy atom. The maximum atomic E-state index is 14.4. The van der Waals surface area contributed by atoms with Gasteiger partial charge in [0, 0.05) is 62.5 Å². The third-order valence-corrected chi connectivity index (χ3v) is 9.35. The standard InChI is InChI=1S/C37H41F4N7O4/c1-21-18-48(19-22(2)43-21)20-25-13-24(7-12-32(25)49)23-5-4-6-29(14-23)52-36-30(15-26(38)17-42-36)34(50)44-27-8-10-28(11-9-27)45-35(51)31-16-33(37(39,40)41)47(3)46-31/h4-7,12-17,21-22,27-28,43,49H,8-11,18-20H2,1-3H3,(H,44,50)(H,45,51)/t21-,22+,27-,28-. The summed E-state index contributed by atoms with van der Waals surface area (Å²) in [7, 11) is 1.12. The number of pyridine rings is 1. The Hall–Kier alpha value is -5.02. The number of halogens is 4. The van der Waals surface area contributed by atoms with Crippen LogP contribution < -0.4 is 20.7 Å². The van der Waals surface area contributed by atoms with Gasteiger partial charge in [-0.15, -0.1) is 0 Å². The summed E-state index contributed by atoms with van der Waals surface area (Å²) >= 11 is 0. The second-order valence-electron chi connectivity index (χ2n) is 13.7. The van der Waals surface area contributed by atoms with Crippen LogP contribution in [0.15, 0.2) is 60.8 Å². The van der Waals surface area contributed by atoms with Gasteiger partial charge in [-0.2, -0.15) is 18.3 Å². The number of piperazine rings is 1. The molecule has 2 amide bonds. The summed E-state index contributed by atoms with van der Waals surface area (Å²) in [4.78, 5) is 32.4. The molecule has 1 aliphatic carbocycles. The summed E-state index contributed by atoms with van der Waals surface area (Å²) in [5.74, 6) is -1.51. The molecule has 2 aromatic heterocycles. The van der Waals surface area contributed by atoms with Gasteiger partial charge in [-0.3, -0.25) is 19.2 Å². The maximum absolute atomic E-state index is 14.4. The Balaban J connectivity index is 1.08. The Morgan fingerprint density at radius 3 is 2.25 bits per heavy atom. The molecule has 2 aliphatic rings. The van der Waals surface area contributed by atoms with E-state index >= 15 is 0 Å². The van der Waals surface area contributed by atoms with Gasteiger partial charge >= 0.3 is 6.18 Å². The average Bonchev–Trinajstić information content (AvgIpc) is 3.50. The number of phenolic OH excluding ortho intramolecular Hbond substituents is 1. The second kappa shape index (κ2) is 15.3. The molecule has 11 nitrogen and oxygen atoms in total. The van der Waals surface area contributed by atoms with Crippen LogP contribution in [0.5, 0.6) is 17.4 Å². The topological polar surface area (TPSA) is 134 Å². The molecule has 4 aromatic rings. The summed E-state index contributed by atoms with van der Waals surface area (Å²) in [6.07, 6.45) is -1.82. The molecule has 1 saturated heterocycles. The van der Waals surface area contributed by atoms with Crippen LogP contribution in [0.4, 0.5) is 17.6 Å². The normalized spacial score (nSPS) is 21.1. The van der Waals surface area contributed by atoms with E-state index in [2.05, 4.69) is 44.8 Å². The lowest BCUT2D eigenvalue weighted by Crippen LogP contribution is -2.53. The quantitative estimate of drug-likeness (QED) is 0.160. The van der Waals surface area contributed by atoms with Crippen molar-refractivity contribution in [2.45, 2.75) is 76.4 Å². The Morgan fingerprint density at radius 1 is 0.942 bits per heavy atom. The number of amides is 2. The Kier molecular flexibility index (Phi) is 10.8. The molecule has 3 heterocycles. The highest BCUT2D eigenvalue weighted by molar-refractivity contribution is 5.96. The number of aryl methyl sites for hydroxylation is 1. The summed E-state index contributed by atoms with van der Waals surface area (Å²) in [5.41, 5.74) is 1.02. The van der Waals surface area contributed by atoms with Gasteiger partial charge in [-0.1, -0.05) is 18.2 Å². The average molecular weight is 724 g/mol. The van der Waals surface area contributed by atoms with Crippen LogP contribution in [0.3, 0.4) is 0 Å².